The standard InChI is InChI=1S/C13H15N3O2S/c1-10-8-11-4-2-3-5-12(11)16(9-10)19(17,18)13-6-7-14-15-13/h2-7,10H,8-9H2,1H3,(H,14,15). The van der Waals surface area contributed by atoms with Gasteiger partial charge in [0.15, 0.2) is 5.03 Å². The van der Waals surface area contributed by atoms with Gasteiger partial charge in [-0.2, -0.15) is 13.5 Å². The van der Waals surface area contributed by atoms with Gasteiger partial charge in [0.25, 0.3) is 10.0 Å². The molecule has 100 valence electrons. The summed E-state index contributed by atoms with van der Waals surface area (Å²) in [6.45, 7) is 2.56. The van der Waals surface area contributed by atoms with Crippen LogP contribution in [0.2, 0.25) is 0 Å². The summed E-state index contributed by atoms with van der Waals surface area (Å²) in [5.74, 6) is 0.299. The van der Waals surface area contributed by atoms with Crippen molar-refractivity contribution in [2.45, 2.75) is 18.4 Å². The molecule has 2 heterocycles. The molecule has 0 spiro atoms. The maximum Gasteiger partial charge on any atom is 0.281 e. The molecule has 0 saturated carbocycles. The maximum absolute atomic E-state index is 12.6. The van der Waals surface area contributed by atoms with E-state index in [1.54, 1.807) is 0 Å². The summed E-state index contributed by atoms with van der Waals surface area (Å²) in [7, 11) is -3.55. The van der Waals surface area contributed by atoms with Crippen molar-refractivity contribution in [1.82, 2.24) is 10.2 Å². The molecule has 1 aliphatic rings. The molecule has 0 aliphatic carbocycles. The highest BCUT2D eigenvalue weighted by Gasteiger charge is 2.32. The third-order valence-corrected chi connectivity index (χ3v) is 5.06. The molecule has 0 radical (unpaired) electrons. The normalized spacial score (nSPS) is 19.2. The van der Waals surface area contributed by atoms with Gasteiger partial charge in [-0.15, -0.1) is 0 Å². The molecule has 5 nitrogen and oxygen atoms in total. The van der Waals surface area contributed by atoms with Crippen molar-refractivity contribution in [3.63, 3.8) is 0 Å². The lowest BCUT2D eigenvalue weighted by Gasteiger charge is -2.33. The first-order valence-electron chi connectivity index (χ1n) is 6.19. The van der Waals surface area contributed by atoms with Crippen LogP contribution in [-0.4, -0.2) is 25.2 Å². The first-order valence-corrected chi connectivity index (χ1v) is 7.63. The van der Waals surface area contributed by atoms with E-state index in [2.05, 4.69) is 17.1 Å². The fraction of sp³-hybridized carbons (Fsp3) is 0.308. The number of para-hydroxylation sites is 1. The summed E-state index contributed by atoms with van der Waals surface area (Å²) in [5.41, 5.74) is 1.85. The second-order valence-electron chi connectivity index (χ2n) is 4.90. The molecule has 0 fully saturated rings. The Hall–Kier alpha value is -1.82. The summed E-state index contributed by atoms with van der Waals surface area (Å²) in [6, 6.07) is 9.13. The molecule has 1 N–H and O–H groups in total. The predicted molar refractivity (Wildman–Crippen MR) is 72.4 cm³/mol. The summed E-state index contributed by atoms with van der Waals surface area (Å²) >= 11 is 0. The Morgan fingerprint density at radius 1 is 1.32 bits per heavy atom. The van der Waals surface area contributed by atoms with Crippen LogP contribution in [0.5, 0.6) is 0 Å². The first-order chi connectivity index (χ1) is 9.09. The molecule has 1 aromatic heterocycles. The Morgan fingerprint density at radius 3 is 2.84 bits per heavy atom. The summed E-state index contributed by atoms with van der Waals surface area (Å²) in [6.07, 6.45) is 2.36. The fourth-order valence-electron chi connectivity index (χ4n) is 2.48. The molecule has 0 bridgehead atoms. The average molecular weight is 277 g/mol. The van der Waals surface area contributed by atoms with E-state index < -0.39 is 10.0 Å². The van der Waals surface area contributed by atoms with Crippen LogP contribution in [0.1, 0.15) is 12.5 Å². The number of aromatic amines is 1. The van der Waals surface area contributed by atoms with Crippen molar-refractivity contribution in [2.75, 3.05) is 10.8 Å². The second kappa shape index (κ2) is 4.38. The van der Waals surface area contributed by atoms with Gasteiger partial charge in [0, 0.05) is 6.54 Å². The van der Waals surface area contributed by atoms with E-state index >= 15 is 0 Å². The Bertz CT molecular complexity index is 680. The number of hydrogen-bond acceptors (Lipinski definition) is 3. The second-order valence-corrected chi connectivity index (χ2v) is 6.73. The number of nitrogens with one attached hydrogen (secondary N) is 1. The van der Waals surface area contributed by atoms with Gasteiger partial charge in [-0.3, -0.25) is 9.40 Å². The van der Waals surface area contributed by atoms with Crippen LogP contribution in [0.25, 0.3) is 0 Å². The number of rotatable bonds is 2. The largest absolute Gasteiger partial charge is 0.281 e. The zero-order valence-corrected chi connectivity index (χ0v) is 11.4. The van der Waals surface area contributed by atoms with Crippen LogP contribution < -0.4 is 4.31 Å². The van der Waals surface area contributed by atoms with E-state index in [1.807, 2.05) is 24.3 Å². The fourth-order valence-corrected chi connectivity index (χ4v) is 4.01. The Labute approximate surface area is 112 Å². The SMILES string of the molecule is CC1Cc2ccccc2N(S(=O)(=O)c2ccn[nH]2)C1. The molecule has 0 amide bonds. The van der Waals surface area contributed by atoms with Gasteiger partial charge in [0.2, 0.25) is 0 Å². The quantitative estimate of drug-likeness (QED) is 0.910. The van der Waals surface area contributed by atoms with Crippen LogP contribution in [0, 0.1) is 5.92 Å². The lowest BCUT2D eigenvalue weighted by Crippen LogP contribution is -2.39. The highest BCUT2D eigenvalue weighted by atomic mass is 32.2. The summed E-state index contributed by atoms with van der Waals surface area (Å²) in [5, 5.41) is 6.40. The average Bonchev–Trinajstić information content (AvgIpc) is 2.92. The Balaban J connectivity index is 2.11. The third kappa shape index (κ3) is 2.02. The minimum Gasteiger partial charge on any atom is -0.266 e. The molecule has 19 heavy (non-hydrogen) atoms. The van der Waals surface area contributed by atoms with Gasteiger partial charge in [-0.25, -0.2) is 0 Å². The molecule has 0 saturated heterocycles. The third-order valence-electron chi connectivity index (χ3n) is 3.35. The van der Waals surface area contributed by atoms with E-state index in [0.29, 0.717) is 12.5 Å². The van der Waals surface area contributed by atoms with Crippen LogP contribution in [-0.2, 0) is 16.4 Å². The minimum atomic E-state index is -3.55. The van der Waals surface area contributed by atoms with Crippen LogP contribution in [0.4, 0.5) is 5.69 Å². The van der Waals surface area contributed by atoms with Gasteiger partial charge < -0.3 is 0 Å². The van der Waals surface area contributed by atoms with Crippen molar-refractivity contribution in [2.24, 2.45) is 5.92 Å². The zero-order chi connectivity index (χ0) is 13.5. The molecule has 3 rings (SSSR count). The van der Waals surface area contributed by atoms with E-state index in [0.717, 1.165) is 17.7 Å². The monoisotopic (exact) mass is 277 g/mol. The predicted octanol–water partition coefficient (Wildman–Crippen LogP) is 1.80. The number of fused-ring (bicyclic) bond motifs is 1. The van der Waals surface area contributed by atoms with E-state index in [4.69, 9.17) is 0 Å². The highest BCUT2D eigenvalue weighted by Crippen LogP contribution is 2.33. The maximum atomic E-state index is 12.6. The number of sulfonamides is 1. The molecule has 1 unspecified atom stereocenters. The molecule has 1 aromatic carbocycles. The molecular weight excluding hydrogens is 262 g/mol. The molecule has 1 atom stereocenters. The molecule has 2 aromatic rings. The first kappa shape index (κ1) is 12.2. The number of aromatic nitrogens is 2. The number of benzene rings is 1. The van der Waals surface area contributed by atoms with Gasteiger partial charge in [0.05, 0.1) is 11.9 Å². The smallest absolute Gasteiger partial charge is 0.266 e. The molecule has 1 aliphatic heterocycles. The lowest BCUT2D eigenvalue weighted by atomic mass is 9.96. The van der Waals surface area contributed by atoms with Gasteiger partial charge in [0.1, 0.15) is 0 Å². The van der Waals surface area contributed by atoms with Crippen molar-refractivity contribution in [3.05, 3.63) is 42.1 Å². The van der Waals surface area contributed by atoms with Crippen molar-refractivity contribution < 1.29 is 8.42 Å². The van der Waals surface area contributed by atoms with Crippen molar-refractivity contribution in [1.29, 1.82) is 0 Å². The van der Waals surface area contributed by atoms with Crippen LogP contribution in [0.15, 0.2) is 41.6 Å². The van der Waals surface area contributed by atoms with Crippen molar-refractivity contribution >= 4 is 15.7 Å². The van der Waals surface area contributed by atoms with Crippen LogP contribution >= 0.6 is 0 Å². The van der Waals surface area contributed by atoms with Gasteiger partial charge in [-0.05, 0) is 30.0 Å². The Kier molecular flexibility index (Phi) is 2.82. The van der Waals surface area contributed by atoms with E-state index in [-0.39, 0.29) is 5.03 Å². The lowest BCUT2D eigenvalue weighted by molar-refractivity contribution is 0.542. The topological polar surface area (TPSA) is 66.1 Å². The summed E-state index contributed by atoms with van der Waals surface area (Å²) in [4.78, 5) is 0. The summed E-state index contributed by atoms with van der Waals surface area (Å²) < 4.78 is 26.7. The van der Waals surface area contributed by atoms with E-state index in [1.165, 1.54) is 16.6 Å². The number of nitrogens with zero attached hydrogens (tertiary/aromatic N) is 2. The number of H-pyrrole nitrogens is 1. The Morgan fingerprint density at radius 2 is 2.11 bits per heavy atom. The zero-order valence-electron chi connectivity index (χ0n) is 10.6. The van der Waals surface area contributed by atoms with Gasteiger partial charge >= 0.3 is 0 Å². The minimum absolute atomic E-state index is 0.136. The molecular formula is C13H15N3O2S. The number of hydrogen-bond donors (Lipinski definition) is 1. The number of anilines is 1. The van der Waals surface area contributed by atoms with Gasteiger partial charge in [-0.1, -0.05) is 25.1 Å². The van der Waals surface area contributed by atoms with Crippen molar-refractivity contribution in [3.8, 4) is 0 Å². The van der Waals surface area contributed by atoms with Crippen LogP contribution in [0.3, 0.4) is 0 Å². The molecule has 6 heteroatoms. The highest BCUT2D eigenvalue weighted by molar-refractivity contribution is 7.92. The van der Waals surface area contributed by atoms with E-state index in [9.17, 15) is 8.42 Å².